The Hall–Kier alpha value is -2.33. The fraction of sp³-hybridized carbons (Fsp3) is 0.235. The van der Waals surface area contributed by atoms with E-state index < -0.39 is 0 Å². The van der Waals surface area contributed by atoms with E-state index in [1.54, 1.807) is 19.1 Å². The predicted molar refractivity (Wildman–Crippen MR) is 84.6 cm³/mol. The summed E-state index contributed by atoms with van der Waals surface area (Å²) in [6.45, 7) is 5.50. The lowest BCUT2D eigenvalue weighted by molar-refractivity contribution is 0.102. The van der Waals surface area contributed by atoms with Gasteiger partial charge in [0.25, 0.3) is 5.91 Å². The fourth-order valence-electron chi connectivity index (χ4n) is 2.03. The highest BCUT2D eigenvalue weighted by Crippen LogP contribution is 2.18. The molecule has 0 spiro atoms. The molecule has 3 N–H and O–H groups in total. The zero-order valence-corrected chi connectivity index (χ0v) is 12.3. The quantitative estimate of drug-likeness (QED) is 0.790. The van der Waals surface area contributed by atoms with E-state index >= 15 is 0 Å². The summed E-state index contributed by atoms with van der Waals surface area (Å²) in [6.07, 6.45) is 0. The van der Waals surface area contributed by atoms with Crippen LogP contribution in [0.1, 0.15) is 28.4 Å². The van der Waals surface area contributed by atoms with Crippen molar-refractivity contribution in [2.45, 2.75) is 20.4 Å². The summed E-state index contributed by atoms with van der Waals surface area (Å²) >= 11 is 0. The summed E-state index contributed by atoms with van der Waals surface area (Å²) in [5, 5.41) is 15.6. The molecule has 0 atom stereocenters. The normalized spacial score (nSPS) is 10.4. The summed E-state index contributed by atoms with van der Waals surface area (Å²) in [7, 11) is 0. The number of benzene rings is 2. The number of nitrogens with one attached hydrogen (secondary N) is 2. The number of hydrogen-bond acceptors (Lipinski definition) is 3. The van der Waals surface area contributed by atoms with E-state index in [-0.39, 0.29) is 11.7 Å². The SMILES string of the molecule is CCNCc1cccc(NC(=O)c2ccc(O)c(C)c2)c1. The van der Waals surface area contributed by atoms with Gasteiger partial charge in [0.05, 0.1) is 0 Å². The van der Waals surface area contributed by atoms with Crippen molar-refractivity contribution >= 4 is 11.6 Å². The van der Waals surface area contributed by atoms with Gasteiger partial charge in [-0.15, -0.1) is 0 Å². The van der Waals surface area contributed by atoms with E-state index in [0.29, 0.717) is 11.1 Å². The molecule has 2 aromatic rings. The van der Waals surface area contributed by atoms with Gasteiger partial charge >= 0.3 is 0 Å². The fourth-order valence-corrected chi connectivity index (χ4v) is 2.03. The van der Waals surface area contributed by atoms with Crippen LogP contribution in [0.4, 0.5) is 5.69 Å². The Morgan fingerprint density at radius 3 is 2.71 bits per heavy atom. The molecule has 0 saturated heterocycles. The van der Waals surface area contributed by atoms with Crippen molar-refractivity contribution in [3.63, 3.8) is 0 Å². The minimum atomic E-state index is -0.182. The van der Waals surface area contributed by atoms with Crippen molar-refractivity contribution in [3.05, 3.63) is 59.2 Å². The molecule has 0 aliphatic carbocycles. The molecule has 0 unspecified atom stereocenters. The topological polar surface area (TPSA) is 61.4 Å². The second-order valence-corrected chi connectivity index (χ2v) is 4.94. The molecular weight excluding hydrogens is 264 g/mol. The molecule has 0 heterocycles. The van der Waals surface area contributed by atoms with Gasteiger partial charge in [-0.2, -0.15) is 0 Å². The first-order valence-electron chi connectivity index (χ1n) is 7.00. The molecule has 0 bridgehead atoms. The van der Waals surface area contributed by atoms with Crippen LogP contribution in [0.5, 0.6) is 5.75 Å². The molecule has 1 amide bonds. The molecule has 0 fully saturated rings. The number of amides is 1. The molecule has 0 aliphatic rings. The Labute approximate surface area is 124 Å². The van der Waals surface area contributed by atoms with E-state index in [0.717, 1.165) is 24.3 Å². The van der Waals surface area contributed by atoms with Crippen LogP contribution in [0, 0.1) is 6.92 Å². The van der Waals surface area contributed by atoms with Gasteiger partial charge in [0, 0.05) is 17.8 Å². The van der Waals surface area contributed by atoms with Gasteiger partial charge in [-0.1, -0.05) is 19.1 Å². The lowest BCUT2D eigenvalue weighted by Gasteiger charge is -2.09. The summed E-state index contributed by atoms with van der Waals surface area (Å²) < 4.78 is 0. The first kappa shape index (κ1) is 15.1. The van der Waals surface area contributed by atoms with Gasteiger partial charge in [-0.05, 0) is 54.9 Å². The van der Waals surface area contributed by atoms with Gasteiger partial charge in [-0.25, -0.2) is 0 Å². The number of rotatable bonds is 5. The average molecular weight is 284 g/mol. The second kappa shape index (κ2) is 6.90. The summed E-state index contributed by atoms with van der Waals surface area (Å²) in [4.78, 5) is 12.2. The lowest BCUT2D eigenvalue weighted by atomic mass is 10.1. The van der Waals surface area contributed by atoms with E-state index in [1.165, 1.54) is 6.07 Å². The van der Waals surface area contributed by atoms with Crippen molar-refractivity contribution in [2.24, 2.45) is 0 Å². The smallest absolute Gasteiger partial charge is 0.255 e. The van der Waals surface area contributed by atoms with Crippen LogP contribution in [-0.2, 0) is 6.54 Å². The third-order valence-electron chi connectivity index (χ3n) is 3.22. The Balaban J connectivity index is 2.10. The first-order valence-corrected chi connectivity index (χ1v) is 7.00. The van der Waals surface area contributed by atoms with Crippen molar-refractivity contribution in [2.75, 3.05) is 11.9 Å². The monoisotopic (exact) mass is 284 g/mol. The van der Waals surface area contributed by atoms with Crippen LogP contribution in [0.2, 0.25) is 0 Å². The van der Waals surface area contributed by atoms with Crippen LogP contribution in [0.15, 0.2) is 42.5 Å². The van der Waals surface area contributed by atoms with Gasteiger partial charge < -0.3 is 15.7 Å². The highest BCUT2D eigenvalue weighted by Gasteiger charge is 2.08. The third kappa shape index (κ3) is 4.07. The van der Waals surface area contributed by atoms with Crippen molar-refractivity contribution in [1.82, 2.24) is 5.32 Å². The number of aromatic hydroxyl groups is 1. The maximum Gasteiger partial charge on any atom is 0.255 e. The second-order valence-electron chi connectivity index (χ2n) is 4.94. The van der Waals surface area contributed by atoms with Gasteiger partial charge in [-0.3, -0.25) is 4.79 Å². The molecule has 0 saturated carbocycles. The van der Waals surface area contributed by atoms with E-state index in [4.69, 9.17) is 0 Å². The average Bonchev–Trinajstić information content (AvgIpc) is 2.48. The number of phenolic OH excluding ortho intramolecular Hbond substituents is 1. The van der Waals surface area contributed by atoms with Gasteiger partial charge in [0.1, 0.15) is 5.75 Å². The molecule has 4 nitrogen and oxygen atoms in total. The predicted octanol–water partition coefficient (Wildman–Crippen LogP) is 3.06. The van der Waals surface area contributed by atoms with Crippen LogP contribution in [0.3, 0.4) is 0 Å². The Kier molecular flexibility index (Phi) is 4.95. The Morgan fingerprint density at radius 1 is 1.19 bits per heavy atom. The molecule has 0 aromatic heterocycles. The summed E-state index contributed by atoms with van der Waals surface area (Å²) in [5.74, 6) is 0.0119. The third-order valence-corrected chi connectivity index (χ3v) is 3.22. The highest BCUT2D eigenvalue weighted by molar-refractivity contribution is 6.04. The largest absolute Gasteiger partial charge is 0.508 e. The molecule has 2 aromatic carbocycles. The first-order chi connectivity index (χ1) is 10.1. The van der Waals surface area contributed by atoms with Gasteiger partial charge in [0.2, 0.25) is 0 Å². The highest BCUT2D eigenvalue weighted by atomic mass is 16.3. The maximum absolute atomic E-state index is 12.2. The molecule has 0 aliphatic heterocycles. The van der Waals surface area contributed by atoms with E-state index in [9.17, 15) is 9.90 Å². The van der Waals surface area contributed by atoms with E-state index in [2.05, 4.69) is 17.6 Å². The number of phenols is 1. The Morgan fingerprint density at radius 2 is 2.00 bits per heavy atom. The molecule has 110 valence electrons. The number of carbonyl (C=O) groups is 1. The van der Waals surface area contributed by atoms with Crippen molar-refractivity contribution in [3.8, 4) is 5.75 Å². The van der Waals surface area contributed by atoms with Crippen LogP contribution in [-0.4, -0.2) is 17.6 Å². The Bertz CT molecular complexity index is 638. The van der Waals surface area contributed by atoms with Crippen LogP contribution in [0.25, 0.3) is 0 Å². The lowest BCUT2D eigenvalue weighted by Crippen LogP contribution is -2.14. The van der Waals surface area contributed by atoms with Gasteiger partial charge in [0.15, 0.2) is 0 Å². The molecule has 0 radical (unpaired) electrons. The van der Waals surface area contributed by atoms with Crippen molar-refractivity contribution in [1.29, 1.82) is 0 Å². The minimum absolute atomic E-state index is 0.182. The zero-order valence-electron chi connectivity index (χ0n) is 12.3. The molecule has 4 heteroatoms. The standard InChI is InChI=1S/C17H20N2O2/c1-3-18-11-13-5-4-6-15(10-13)19-17(21)14-7-8-16(20)12(2)9-14/h4-10,18,20H,3,11H2,1-2H3,(H,19,21). The molecule has 21 heavy (non-hydrogen) atoms. The van der Waals surface area contributed by atoms with Crippen molar-refractivity contribution < 1.29 is 9.90 Å². The zero-order chi connectivity index (χ0) is 15.2. The van der Waals surface area contributed by atoms with Crippen LogP contribution >= 0.6 is 0 Å². The number of hydrogen-bond donors (Lipinski definition) is 3. The number of anilines is 1. The van der Waals surface area contributed by atoms with E-state index in [1.807, 2.05) is 24.3 Å². The maximum atomic E-state index is 12.2. The number of carbonyl (C=O) groups excluding carboxylic acids is 1. The minimum Gasteiger partial charge on any atom is -0.508 e. The molecule has 2 rings (SSSR count). The summed E-state index contributed by atoms with van der Waals surface area (Å²) in [5.41, 5.74) is 3.10. The summed E-state index contributed by atoms with van der Waals surface area (Å²) in [6, 6.07) is 12.6. The number of aryl methyl sites for hydroxylation is 1. The molecular formula is C17H20N2O2. The van der Waals surface area contributed by atoms with Crippen LogP contribution < -0.4 is 10.6 Å².